The summed E-state index contributed by atoms with van der Waals surface area (Å²) in [5.74, 6) is 0.589. The number of nitrogens with zero attached hydrogens (tertiary/aromatic N) is 1. The van der Waals surface area contributed by atoms with Crippen molar-refractivity contribution in [2.75, 3.05) is 0 Å². The quantitative estimate of drug-likeness (QED) is 0.726. The van der Waals surface area contributed by atoms with Crippen LogP contribution in [0.15, 0.2) is 42.7 Å². The van der Waals surface area contributed by atoms with Gasteiger partial charge < -0.3 is 0 Å². The summed E-state index contributed by atoms with van der Waals surface area (Å²) < 4.78 is 0. The summed E-state index contributed by atoms with van der Waals surface area (Å²) in [6.07, 6.45) is 3.67. The van der Waals surface area contributed by atoms with Crippen molar-refractivity contribution in [2.24, 2.45) is 0 Å². The van der Waals surface area contributed by atoms with Crippen LogP contribution in [0.5, 0.6) is 0 Å². The van der Waals surface area contributed by atoms with E-state index in [1.165, 1.54) is 22.3 Å². The molecule has 0 unspecified atom stereocenters. The minimum Gasteiger partial charge on any atom is -0.265 e. The lowest BCUT2D eigenvalue weighted by molar-refractivity contribution is 0.857. The van der Waals surface area contributed by atoms with Gasteiger partial charge in [0.15, 0.2) is 0 Å². The first kappa shape index (κ1) is 10.9. The van der Waals surface area contributed by atoms with Gasteiger partial charge in [0.25, 0.3) is 0 Å². The zero-order valence-corrected chi connectivity index (χ0v) is 10.1. The predicted octanol–water partition coefficient (Wildman–Crippen LogP) is 4.18. The highest BCUT2D eigenvalue weighted by molar-refractivity contribution is 5.64. The van der Waals surface area contributed by atoms with Crippen LogP contribution in [-0.4, -0.2) is 4.98 Å². The fourth-order valence-corrected chi connectivity index (χ4v) is 2.05. The van der Waals surface area contributed by atoms with E-state index in [0.717, 1.165) is 0 Å². The first-order chi connectivity index (χ1) is 7.68. The highest BCUT2D eigenvalue weighted by atomic mass is 14.6. The number of hydrogen-bond acceptors (Lipinski definition) is 1. The predicted molar refractivity (Wildman–Crippen MR) is 68.5 cm³/mol. The second kappa shape index (κ2) is 4.48. The Kier molecular flexibility index (Phi) is 3.04. The summed E-state index contributed by atoms with van der Waals surface area (Å²) in [5.41, 5.74) is 5.29. The smallest absolute Gasteiger partial charge is 0.0273 e. The molecule has 2 rings (SSSR count). The molecule has 2 aromatic rings. The summed E-state index contributed by atoms with van der Waals surface area (Å²) in [4.78, 5) is 4.04. The lowest BCUT2D eigenvalue weighted by Crippen LogP contribution is -1.92. The van der Waals surface area contributed by atoms with E-state index < -0.39 is 0 Å². The summed E-state index contributed by atoms with van der Waals surface area (Å²) in [6.45, 7) is 6.64. The first-order valence-electron chi connectivity index (χ1n) is 5.69. The van der Waals surface area contributed by atoms with Gasteiger partial charge in [0.1, 0.15) is 0 Å². The Morgan fingerprint density at radius 1 is 0.938 bits per heavy atom. The second-order valence-electron chi connectivity index (χ2n) is 4.46. The van der Waals surface area contributed by atoms with Crippen LogP contribution in [0.1, 0.15) is 30.9 Å². The molecule has 1 heteroatoms. The Morgan fingerprint density at radius 2 is 1.62 bits per heavy atom. The third-order valence-electron chi connectivity index (χ3n) is 2.91. The summed E-state index contributed by atoms with van der Waals surface area (Å²) in [6, 6.07) is 10.8. The van der Waals surface area contributed by atoms with Crippen LogP contribution >= 0.6 is 0 Å². The van der Waals surface area contributed by atoms with Crippen molar-refractivity contribution in [1.29, 1.82) is 0 Å². The Labute approximate surface area is 97.2 Å². The molecule has 0 aliphatic rings. The number of hydrogen-bond donors (Lipinski definition) is 0. The standard InChI is InChI=1S/C15H17N/c1-11(2)15-5-4-14(10-12(15)3)13-6-8-16-9-7-13/h4-11H,1-3H3. The fraction of sp³-hybridized carbons (Fsp3) is 0.267. The van der Waals surface area contributed by atoms with Crippen LogP contribution in [0.4, 0.5) is 0 Å². The zero-order chi connectivity index (χ0) is 11.5. The Bertz CT molecular complexity index is 472. The van der Waals surface area contributed by atoms with E-state index in [1.807, 2.05) is 24.5 Å². The minimum absolute atomic E-state index is 0.589. The maximum absolute atomic E-state index is 4.04. The van der Waals surface area contributed by atoms with Crippen molar-refractivity contribution >= 4 is 0 Å². The Balaban J connectivity index is 2.43. The van der Waals surface area contributed by atoms with E-state index in [4.69, 9.17) is 0 Å². The lowest BCUT2D eigenvalue weighted by Gasteiger charge is -2.11. The van der Waals surface area contributed by atoms with Crippen molar-refractivity contribution in [2.45, 2.75) is 26.7 Å². The molecule has 0 aliphatic heterocycles. The Morgan fingerprint density at radius 3 is 2.19 bits per heavy atom. The topological polar surface area (TPSA) is 12.9 Å². The van der Waals surface area contributed by atoms with Gasteiger partial charge in [-0.25, -0.2) is 0 Å². The summed E-state index contributed by atoms with van der Waals surface area (Å²) in [5, 5.41) is 0. The SMILES string of the molecule is Cc1cc(-c2ccncc2)ccc1C(C)C. The molecule has 1 aromatic carbocycles. The molecule has 1 nitrogen and oxygen atoms in total. The molecule has 0 saturated heterocycles. The summed E-state index contributed by atoms with van der Waals surface area (Å²) >= 11 is 0. The van der Waals surface area contributed by atoms with Crippen molar-refractivity contribution in [1.82, 2.24) is 4.98 Å². The van der Waals surface area contributed by atoms with Gasteiger partial charge in [0.05, 0.1) is 0 Å². The highest BCUT2D eigenvalue weighted by Gasteiger charge is 2.04. The average molecular weight is 211 g/mol. The first-order valence-corrected chi connectivity index (χ1v) is 5.69. The molecule has 0 spiro atoms. The van der Waals surface area contributed by atoms with Crippen LogP contribution in [-0.2, 0) is 0 Å². The number of rotatable bonds is 2. The molecule has 0 amide bonds. The molecule has 0 radical (unpaired) electrons. The number of pyridine rings is 1. The molecule has 0 saturated carbocycles. The van der Waals surface area contributed by atoms with Crippen LogP contribution in [0.3, 0.4) is 0 Å². The molecule has 0 aliphatic carbocycles. The molecule has 82 valence electrons. The third kappa shape index (κ3) is 2.13. The van der Waals surface area contributed by atoms with Gasteiger partial charge in [-0.3, -0.25) is 4.98 Å². The average Bonchev–Trinajstić information content (AvgIpc) is 2.29. The van der Waals surface area contributed by atoms with E-state index in [2.05, 4.69) is 44.0 Å². The molecule has 16 heavy (non-hydrogen) atoms. The van der Waals surface area contributed by atoms with Crippen molar-refractivity contribution in [3.05, 3.63) is 53.9 Å². The summed E-state index contributed by atoms with van der Waals surface area (Å²) in [7, 11) is 0. The normalized spacial score (nSPS) is 10.8. The number of benzene rings is 1. The van der Waals surface area contributed by atoms with Gasteiger partial charge in [-0.15, -0.1) is 0 Å². The largest absolute Gasteiger partial charge is 0.265 e. The number of aromatic nitrogens is 1. The molecular formula is C15H17N. The van der Waals surface area contributed by atoms with Gasteiger partial charge >= 0.3 is 0 Å². The fourth-order valence-electron chi connectivity index (χ4n) is 2.05. The maximum atomic E-state index is 4.04. The molecule has 0 fully saturated rings. The minimum atomic E-state index is 0.589. The van der Waals surface area contributed by atoms with Crippen molar-refractivity contribution < 1.29 is 0 Å². The van der Waals surface area contributed by atoms with Crippen molar-refractivity contribution in [3.63, 3.8) is 0 Å². The maximum Gasteiger partial charge on any atom is 0.0273 e. The van der Waals surface area contributed by atoms with Gasteiger partial charge in [0, 0.05) is 12.4 Å². The van der Waals surface area contributed by atoms with Gasteiger partial charge in [-0.05, 0) is 47.2 Å². The molecular weight excluding hydrogens is 194 g/mol. The molecule has 1 aromatic heterocycles. The van der Waals surface area contributed by atoms with Gasteiger partial charge in [-0.1, -0.05) is 32.0 Å². The second-order valence-corrected chi connectivity index (χ2v) is 4.46. The molecule has 0 bridgehead atoms. The van der Waals surface area contributed by atoms with E-state index in [0.29, 0.717) is 5.92 Å². The van der Waals surface area contributed by atoms with Gasteiger partial charge in [0.2, 0.25) is 0 Å². The zero-order valence-electron chi connectivity index (χ0n) is 10.1. The molecule has 1 heterocycles. The van der Waals surface area contributed by atoms with Gasteiger partial charge in [-0.2, -0.15) is 0 Å². The van der Waals surface area contributed by atoms with Crippen LogP contribution in [0.25, 0.3) is 11.1 Å². The van der Waals surface area contributed by atoms with E-state index >= 15 is 0 Å². The lowest BCUT2D eigenvalue weighted by atomic mass is 9.94. The molecule has 0 atom stereocenters. The number of aryl methyl sites for hydroxylation is 1. The highest BCUT2D eigenvalue weighted by Crippen LogP contribution is 2.25. The monoisotopic (exact) mass is 211 g/mol. The Hall–Kier alpha value is -1.63. The third-order valence-corrected chi connectivity index (χ3v) is 2.91. The molecule has 0 N–H and O–H groups in total. The van der Waals surface area contributed by atoms with E-state index in [1.54, 1.807) is 0 Å². The van der Waals surface area contributed by atoms with Crippen LogP contribution in [0.2, 0.25) is 0 Å². The van der Waals surface area contributed by atoms with Crippen molar-refractivity contribution in [3.8, 4) is 11.1 Å². The van der Waals surface area contributed by atoms with E-state index in [-0.39, 0.29) is 0 Å². The van der Waals surface area contributed by atoms with Crippen LogP contribution < -0.4 is 0 Å². The van der Waals surface area contributed by atoms with Crippen LogP contribution in [0, 0.1) is 6.92 Å². The van der Waals surface area contributed by atoms with E-state index in [9.17, 15) is 0 Å².